The van der Waals surface area contributed by atoms with Crippen molar-refractivity contribution in [3.05, 3.63) is 28.8 Å². The number of hydrogen-bond acceptors (Lipinski definition) is 4. The molecule has 0 saturated carbocycles. The predicted molar refractivity (Wildman–Crippen MR) is 67.0 cm³/mol. The molecule has 1 saturated heterocycles. The Morgan fingerprint density at radius 2 is 2.12 bits per heavy atom. The first kappa shape index (κ1) is 12.0. The molecule has 6 heteroatoms. The summed E-state index contributed by atoms with van der Waals surface area (Å²) in [6.45, 7) is 3.14. The molecule has 1 heterocycles. The largest absolute Gasteiger partial charge is 0.409 e. The monoisotopic (exact) mass is 255 g/mol. The molecule has 0 bridgehead atoms. The minimum absolute atomic E-state index is 0.0172. The number of nitrogens with two attached hydrogens (primary N) is 1. The van der Waals surface area contributed by atoms with E-state index in [0.717, 1.165) is 32.0 Å². The van der Waals surface area contributed by atoms with E-state index >= 15 is 0 Å². The van der Waals surface area contributed by atoms with Crippen LogP contribution in [0, 0.1) is 0 Å². The van der Waals surface area contributed by atoms with E-state index in [9.17, 15) is 0 Å². The molecule has 0 unspecified atom stereocenters. The molecular weight excluding hydrogens is 242 g/mol. The maximum Gasteiger partial charge on any atom is 0.171 e. The van der Waals surface area contributed by atoms with Crippen LogP contribution in [-0.2, 0) is 4.74 Å². The van der Waals surface area contributed by atoms with E-state index in [1.807, 2.05) is 12.1 Å². The van der Waals surface area contributed by atoms with Crippen molar-refractivity contribution in [2.24, 2.45) is 10.9 Å². The third-order valence-electron chi connectivity index (χ3n) is 2.71. The van der Waals surface area contributed by atoms with Crippen LogP contribution in [0.2, 0.25) is 5.02 Å². The highest BCUT2D eigenvalue weighted by Crippen LogP contribution is 2.24. The highest BCUT2D eigenvalue weighted by Gasteiger charge is 2.13. The Morgan fingerprint density at radius 3 is 2.71 bits per heavy atom. The molecule has 17 heavy (non-hydrogen) atoms. The minimum Gasteiger partial charge on any atom is -0.409 e. The van der Waals surface area contributed by atoms with Gasteiger partial charge in [-0.3, -0.25) is 0 Å². The molecule has 2 rings (SSSR count). The Hall–Kier alpha value is -1.46. The molecule has 92 valence electrons. The minimum atomic E-state index is 0.0172. The second-order valence-corrected chi connectivity index (χ2v) is 4.16. The fourth-order valence-corrected chi connectivity index (χ4v) is 2.06. The number of hydrogen-bond donors (Lipinski definition) is 2. The zero-order chi connectivity index (χ0) is 12.3. The Morgan fingerprint density at radius 1 is 1.41 bits per heavy atom. The number of oxime groups is 1. The van der Waals surface area contributed by atoms with Crippen LogP contribution in [-0.4, -0.2) is 37.3 Å². The van der Waals surface area contributed by atoms with Crippen molar-refractivity contribution in [2.45, 2.75) is 0 Å². The van der Waals surface area contributed by atoms with Gasteiger partial charge >= 0.3 is 0 Å². The molecule has 3 N–H and O–H groups in total. The van der Waals surface area contributed by atoms with Crippen molar-refractivity contribution >= 4 is 23.1 Å². The molecule has 1 aliphatic heterocycles. The molecule has 0 amide bonds. The van der Waals surface area contributed by atoms with Crippen LogP contribution in [0.3, 0.4) is 0 Å². The maximum absolute atomic E-state index is 8.61. The highest BCUT2D eigenvalue weighted by molar-refractivity contribution is 6.34. The van der Waals surface area contributed by atoms with Crippen molar-refractivity contribution in [1.82, 2.24) is 0 Å². The van der Waals surface area contributed by atoms with E-state index in [0.29, 0.717) is 10.6 Å². The number of nitrogens with zero attached hydrogens (tertiary/aromatic N) is 2. The van der Waals surface area contributed by atoms with Crippen LogP contribution in [0.25, 0.3) is 0 Å². The smallest absolute Gasteiger partial charge is 0.171 e. The van der Waals surface area contributed by atoms with Gasteiger partial charge in [0.15, 0.2) is 5.84 Å². The zero-order valence-electron chi connectivity index (χ0n) is 9.27. The van der Waals surface area contributed by atoms with E-state index < -0.39 is 0 Å². The third kappa shape index (κ3) is 2.62. The zero-order valence-corrected chi connectivity index (χ0v) is 10.0. The molecule has 0 aliphatic carbocycles. The quantitative estimate of drug-likeness (QED) is 0.361. The van der Waals surface area contributed by atoms with Gasteiger partial charge in [0.1, 0.15) is 0 Å². The Balaban J connectivity index is 2.23. The van der Waals surface area contributed by atoms with E-state index in [1.54, 1.807) is 6.07 Å². The lowest BCUT2D eigenvalue weighted by molar-refractivity contribution is 0.122. The summed E-state index contributed by atoms with van der Waals surface area (Å²) in [6, 6.07) is 5.48. The van der Waals surface area contributed by atoms with Crippen LogP contribution in [0.15, 0.2) is 23.4 Å². The van der Waals surface area contributed by atoms with Gasteiger partial charge in [0.25, 0.3) is 0 Å². The third-order valence-corrected chi connectivity index (χ3v) is 3.03. The molecule has 0 spiro atoms. The van der Waals surface area contributed by atoms with Gasteiger partial charge in [0, 0.05) is 24.3 Å². The average Bonchev–Trinajstić information content (AvgIpc) is 2.39. The standard InChI is InChI=1S/C11H14ClN3O2/c12-10-7-8(15-3-5-17-6-4-15)1-2-9(10)11(13)14-16/h1-2,7,16H,3-6H2,(H2,13,14). The van der Waals surface area contributed by atoms with Gasteiger partial charge in [-0.05, 0) is 18.2 Å². The molecule has 0 aromatic heterocycles. The van der Waals surface area contributed by atoms with Gasteiger partial charge in [-0.1, -0.05) is 16.8 Å². The predicted octanol–water partition coefficient (Wildman–Crippen LogP) is 1.27. The van der Waals surface area contributed by atoms with E-state index in [1.165, 1.54) is 0 Å². The highest BCUT2D eigenvalue weighted by atomic mass is 35.5. The number of rotatable bonds is 2. The molecule has 0 atom stereocenters. The fourth-order valence-electron chi connectivity index (χ4n) is 1.78. The lowest BCUT2D eigenvalue weighted by atomic mass is 10.1. The Bertz CT molecular complexity index is 431. The number of anilines is 1. The number of benzene rings is 1. The molecule has 1 aromatic carbocycles. The average molecular weight is 256 g/mol. The Kier molecular flexibility index (Phi) is 3.71. The SMILES string of the molecule is NC(=NO)c1ccc(N2CCOCC2)cc1Cl. The van der Waals surface area contributed by atoms with Crippen molar-refractivity contribution < 1.29 is 9.94 Å². The summed E-state index contributed by atoms with van der Waals surface area (Å²) in [5, 5.41) is 12.0. The molecule has 1 aromatic rings. The van der Waals surface area contributed by atoms with E-state index in [4.69, 9.17) is 27.3 Å². The number of amidine groups is 1. The summed E-state index contributed by atoms with van der Waals surface area (Å²) >= 11 is 6.09. The number of halogens is 1. The second kappa shape index (κ2) is 5.25. The normalized spacial score (nSPS) is 17.2. The molecule has 1 aliphatic rings. The van der Waals surface area contributed by atoms with Gasteiger partial charge < -0.3 is 20.6 Å². The maximum atomic E-state index is 8.61. The van der Waals surface area contributed by atoms with E-state index in [-0.39, 0.29) is 5.84 Å². The first-order valence-corrected chi connectivity index (χ1v) is 5.70. The second-order valence-electron chi connectivity index (χ2n) is 3.75. The van der Waals surface area contributed by atoms with Crippen LogP contribution < -0.4 is 10.6 Å². The summed E-state index contributed by atoms with van der Waals surface area (Å²) in [5.41, 5.74) is 7.06. The number of morpholine rings is 1. The fraction of sp³-hybridized carbons (Fsp3) is 0.364. The molecular formula is C11H14ClN3O2. The lowest BCUT2D eigenvalue weighted by Crippen LogP contribution is -2.36. The summed E-state index contributed by atoms with van der Waals surface area (Å²) in [7, 11) is 0. The first-order chi connectivity index (χ1) is 8.22. The number of ether oxygens (including phenoxy) is 1. The lowest BCUT2D eigenvalue weighted by Gasteiger charge is -2.29. The molecule has 5 nitrogen and oxygen atoms in total. The van der Waals surface area contributed by atoms with Gasteiger partial charge in [0.05, 0.1) is 18.2 Å². The van der Waals surface area contributed by atoms with E-state index in [2.05, 4.69) is 10.1 Å². The van der Waals surface area contributed by atoms with Gasteiger partial charge in [-0.25, -0.2) is 0 Å². The van der Waals surface area contributed by atoms with Crippen LogP contribution in [0.5, 0.6) is 0 Å². The first-order valence-electron chi connectivity index (χ1n) is 5.32. The van der Waals surface area contributed by atoms with Crippen molar-refractivity contribution in [1.29, 1.82) is 0 Å². The van der Waals surface area contributed by atoms with Gasteiger partial charge in [-0.15, -0.1) is 0 Å². The summed E-state index contributed by atoms with van der Waals surface area (Å²) in [4.78, 5) is 2.19. The summed E-state index contributed by atoms with van der Waals surface area (Å²) < 4.78 is 5.28. The van der Waals surface area contributed by atoms with Crippen molar-refractivity contribution in [3.63, 3.8) is 0 Å². The summed E-state index contributed by atoms with van der Waals surface area (Å²) in [5.74, 6) is 0.0172. The van der Waals surface area contributed by atoms with Crippen LogP contribution in [0.1, 0.15) is 5.56 Å². The molecule has 0 radical (unpaired) electrons. The van der Waals surface area contributed by atoms with Gasteiger partial charge in [0.2, 0.25) is 0 Å². The van der Waals surface area contributed by atoms with Crippen molar-refractivity contribution in [3.8, 4) is 0 Å². The topological polar surface area (TPSA) is 71.1 Å². The van der Waals surface area contributed by atoms with Gasteiger partial charge in [-0.2, -0.15) is 0 Å². The Labute approximate surface area is 104 Å². The van der Waals surface area contributed by atoms with Crippen LogP contribution in [0.4, 0.5) is 5.69 Å². The van der Waals surface area contributed by atoms with Crippen molar-refractivity contribution in [2.75, 3.05) is 31.2 Å². The summed E-state index contributed by atoms with van der Waals surface area (Å²) in [6.07, 6.45) is 0. The van der Waals surface area contributed by atoms with Crippen LogP contribution >= 0.6 is 11.6 Å². The molecule has 1 fully saturated rings.